The van der Waals surface area contributed by atoms with Gasteiger partial charge < -0.3 is 4.74 Å². The van der Waals surface area contributed by atoms with Crippen LogP contribution in [0.5, 0.6) is 0 Å². The van der Waals surface area contributed by atoms with E-state index < -0.39 is 0 Å². The molecule has 1 spiro atoms. The van der Waals surface area contributed by atoms with Gasteiger partial charge in [0.05, 0.1) is 11.4 Å². The molecule has 0 radical (unpaired) electrons. The highest BCUT2D eigenvalue weighted by molar-refractivity contribution is 5.13. The number of aromatic nitrogens is 2. The van der Waals surface area contributed by atoms with Crippen molar-refractivity contribution in [3.63, 3.8) is 0 Å². The molecule has 2 aliphatic heterocycles. The van der Waals surface area contributed by atoms with Crippen LogP contribution < -0.4 is 0 Å². The average molecular weight is 373 g/mol. The van der Waals surface area contributed by atoms with Gasteiger partial charge in [-0.05, 0) is 75.8 Å². The number of piperidine rings is 1. The highest BCUT2D eigenvalue weighted by Gasteiger charge is 2.51. The summed E-state index contributed by atoms with van der Waals surface area (Å²) in [4.78, 5) is 5.50. The minimum atomic E-state index is 0.419. The van der Waals surface area contributed by atoms with Gasteiger partial charge in [0, 0.05) is 52.0 Å². The first kappa shape index (κ1) is 18.1. The highest BCUT2D eigenvalue weighted by atomic mass is 16.5. The Bertz CT molecular complexity index is 657. The number of ether oxygens (including phenoxy) is 1. The Balaban J connectivity index is 1.19. The summed E-state index contributed by atoms with van der Waals surface area (Å²) < 4.78 is 8.14. The fraction of sp³-hybridized carbons (Fsp3) is 0.864. The summed E-state index contributed by atoms with van der Waals surface area (Å²) in [6, 6.07) is 2.24. The third-order valence-electron chi connectivity index (χ3n) is 7.25. The standard InChI is InChI=1S/C22H36N4O/c1-17-9-21(24(2)23-17)12-25-15-22(16-25)10-20(14-27-13-19-5-6-19)7-8-26(22)11-18-3-4-18/h9,18-20H,3-8,10-16H2,1-2H3/t20-/m1/s1. The summed E-state index contributed by atoms with van der Waals surface area (Å²) in [7, 11) is 2.07. The second kappa shape index (κ2) is 7.16. The number of nitrogens with zero attached hydrogens (tertiary/aromatic N) is 4. The molecule has 0 aromatic carbocycles. The molecule has 5 nitrogen and oxygen atoms in total. The largest absolute Gasteiger partial charge is 0.381 e. The van der Waals surface area contributed by atoms with Gasteiger partial charge in [0.15, 0.2) is 0 Å². The van der Waals surface area contributed by atoms with Crippen LogP contribution in [-0.4, -0.2) is 64.5 Å². The number of rotatable bonds is 8. The molecule has 0 unspecified atom stereocenters. The molecule has 1 aromatic heterocycles. The van der Waals surface area contributed by atoms with Crippen molar-refractivity contribution >= 4 is 0 Å². The van der Waals surface area contributed by atoms with Crippen LogP contribution in [0, 0.1) is 24.7 Å². The Kier molecular flexibility index (Phi) is 4.81. The lowest BCUT2D eigenvalue weighted by molar-refractivity contribution is -0.107. The zero-order chi connectivity index (χ0) is 18.4. The van der Waals surface area contributed by atoms with E-state index in [1.165, 1.54) is 70.4 Å². The van der Waals surface area contributed by atoms with E-state index in [1.807, 2.05) is 0 Å². The molecule has 150 valence electrons. The van der Waals surface area contributed by atoms with Gasteiger partial charge in [0.1, 0.15) is 0 Å². The van der Waals surface area contributed by atoms with Crippen molar-refractivity contribution in [2.45, 2.75) is 57.5 Å². The second-order valence-electron chi connectivity index (χ2n) is 10.00. The first-order valence-corrected chi connectivity index (χ1v) is 11.1. The van der Waals surface area contributed by atoms with Crippen LogP contribution in [0.25, 0.3) is 0 Å². The lowest BCUT2D eigenvalue weighted by atomic mass is 9.75. The Morgan fingerprint density at radius 3 is 2.48 bits per heavy atom. The highest BCUT2D eigenvalue weighted by Crippen LogP contribution is 2.42. The summed E-state index contributed by atoms with van der Waals surface area (Å²) in [5.41, 5.74) is 2.89. The van der Waals surface area contributed by atoms with E-state index in [1.54, 1.807) is 0 Å². The van der Waals surface area contributed by atoms with Gasteiger partial charge in [-0.2, -0.15) is 5.10 Å². The quantitative estimate of drug-likeness (QED) is 0.703. The van der Waals surface area contributed by atoms with Gasteiger partial charge in [-0.1, -0.05) is 0 Å². The van der Waals surface area contributed by atoms with Crippen molar-refractivity contribution in [3.8, 4) is 0 Å². The smallest absolute Gasteiger partial charge is 0.0597 e. The fourth-order valence-electron chi connectivity index (χ4n) is 5.34. The van der Waals surface area contributed by atoms with E-state index in [0.717, 1.165) is 43.2 Å². The van der Waals surface area contributed by atoms with Crippen molar-refractivity contribution in [1.82, 2.24) is 19.6 Å². The van der Waals surface area contributed by atoms with Crippen LogP contribution in [0.2, 0.25) is 0 Å². The fourth-order valence-corrected chi connectivity index (χ4v) is 5.34. The van der Waals surface area contributed by atoms with Gasteiger partial charge in [-0.3, -0.25) is 14.5 Å². The van der Waals surface area contributed by atoms with Gasteiger partial charge in [-0.15, -0.1) is 0 Å². The van der Waals surface area contributed by atoms with Gasteiger partial charge in [-0.25, -0.2) is 0 Å². The Morgan fingerprint density at radius 1 is 1.07 bits per heavy atom. The minimum Gasteiger partial charge on any atom is -0.381 e. The Morgan fingerprint density at radius 2 is 1.81 bits per heavy atom. The third-order valence-corrected chi connectivity index (χ3v) is 7.25. The summed E-state index contributed by atoms with van der Waals surface area (Å²) >= 11 is 0. The van der Waals surface area contributed by atoms with E-state index >= 15 is 0 Å². The van der Waals surface area contributed by atoms with Gasteiger partial charge in [0.2, 0.25) is 0 Å². The van der Waals surface area contributed by atoms with E-state index in [2.05, 4.69) is 39.6 Å². The predicted molar refractivity (Wildman–Crippen MR) is 107 cm³/mol. The van der Waals surface area contributed by atoms with Crippen molar-refractivity contribution in [2.75, 3.05) is 39.4 Å². The molecular formula is C22H36N4O. The van der Waals surface area contributed by atoms with Crippen LogP contribution in [-0.2, 0) is 18.3 Å². The van der Waals surface area contributed by atoms with E-state index in [0.29, 0.717) is 5.54 Å². The van der Waals surface area contributed by atoms with E-state index in [4.69, 9.17) is 4.74 Å². The second-order valence-corrected chi connectivity index (χ2v) is 10.00. The maximum absolute atomic E-state index is 6.08. The number of hydrogen-bond acceptors (Lipinski definition) is 4. The zero-order valence-corrected chi connectivity index (χ0v) is 17.2. The van der Waals surface area contributed by atoms with Crippen molar-refractivity contribution in [2.24, 2.45) is 24.8 Å². The zero-order valence-electron chi connectivity index (χ0n) is 17.2. The summed E-state index contributed by atoms with van der Waals surface area (Å²) in [6.45, 7) is 10.2. The van der Waals surface area contributed by atoms with Gasteiger partial charge >= 0.3 is 0 Å². The summed E-state index contributed by atoms with van der Waals surface area (Å²) in [5.74, 6) is 2.63. The lowest BCUT2D eigenvalue weighted by Gasteiger charge is -2.60. The molecule has 27 heavy (non-hydrogen) atoms. The molecule has 2 aliphatic carbocycles. The van der Waals surface area contributed by atoms with Crippen molar-refractivity contribution in [1.29, 1.82) is 0 Å². The van der Waals surface area contributed by atoms with Crippen LogP contribution in [0.4, 0.5) is 0 Å². The molecule has 0 N–H and O–H groups in total. The Hall–Kier alpha value is -0.910. The monoisotopic (exact) mass is 372 g/mol. The van der Waals surface area contributed by atoms with Crippen LogP contribution >= 0.6 is 0 Å². The van der Waals surface area contributed by atoms with Crippen LogP contribution in [0.15, 0.2) is 6.07 Å². The summed E-state index contributed by atoms with van der Waals surface area (Å²) in [6.07, 6.45) is 8.38. The predicted octanol–water partition coefficient (Wildman–Crippen LogP) is 2.83. The molecule has 5 heteroatoms. The molecule has 0 amide bonds. The molecule has 0 bridgehead atoms. The first-order valence-electron chi connectivity index (χ1n) is 11.1. The number of likely N-dealkylation sites (tertiary alicyclic amines) is 2. The maximum Gasteiger partial charge on any atom is 0.0597 e. The topological polar surface area (TPSA) is 33.5 Å². The minimum absolute atomic E-state index is 0.419. The SMILES string of the molecule is Cc1cc(CN2CC3(C[C@H](COCC4CC4)CCN3CC3CC3)C2)n(C)n1. The first-order chi connectivity index (χ1) is 13.1. The van der Waals surface area contributed by atoms with Crippen LogP contribution in [0.3, 0.4) is 0 Å². The van der Waals surface area contributed by atoms with Crippen molar-refractivity contribution in [3.05, 3.63) is 17.5 Å². The van der Waals surface area contributed by atoms with Crippen LogP contribution in [0.1, 0.15) is 49.9 Å². The molecule has 4 fully saturated rings. The van der Waals surface area contributed by atoms with Gasteiger partial charge in [0.25, 0.3) is 0 Å². The average Bonchev–Trinajstić information content (AvgIpc) is 3.50. The Labute approximate surface area is 164 Å². The van der Waals surface area contributed by atoms with E-state index in [-0.39, 0.29) is 0 Å². The molecule has 1 aromatic rings. The van der Waals surface area contributed by atoms with E-state index in [9.17, 15) is 0 Å². The summed E-state index contributed by atoms with van der Waals surface area (Å²) in [5, 5.41) is 4.52. The molecule has 2 saturated heterocycles. The number of hydrogen-bond donors (Lipinski definition) is 0. The van der Waals surface area contributed by atoms with Crippen molar-refractivity contribution < 1.29 is 4.74 Å². The normalized spacial score (nSPS) is 28.6. The molecule has 4 aliphatic rings. The lowest BCUT2D eigenvalue weighted by Crippen LogP contribution is -2.72. The molecular weight excluding hydrogens is 336 g/mol. The third kappa shape index (κ3) is 4.10. The molecule has 1 atom stereocenters. The number of aryl methyl sites for hydroxylation is 2. The maximum atomic E-state index is 6.08. The molecule has 3 heterocycles. The molecule has 5 rings (SSSR count). The molecule has 2 saturated carbocycles.